The van der Waals surface area contributed by atoms with Crippen LogP contribution < -0.4 is 0 Å². The van der Waals surface area contributed by atoms with Crippen LogP contribution in [0.1, 0.15) is 22.3 Å². The van der Waals surface area contributed by atoms with Gasteiger partial charge in [-0.05, 0) is 103 Å². The van der Waals surface area contributed by atoms with E-state index in [2.05, 4.69) is 212 Å². The Morgan fingerprint density at radius 2 is 0.954 bits per heavy atom. The molecule has 0 amide bonds. The fourth-order valence-electron chi connectivity index (χ4n) is 11.9. The van der Waals surface area contributed by atoms with Crippen molar-refractivity contribution in [3.63, 3.8) is 0 Å². The first-order valence-corrected chi connectivity index (χ1v) is 23.2. The molecule has 3 heterocycles. The number of fused-ring (bicyclic) bond motifs is 20. The van der Waals surface area contributed by atoms with E-state index in [4.69, 9.17) is 9.40 Å². The van der Waals surface area contributed by atoms with Gasteiger partial charge in [-0.1, -0.05) is 176 Å². The van der Waals surface area contributed by atoms with Gasteiger partial charge in [-0.2, -0.15) is 0 Å². The molecule has 0 saturated heterocycles. The summed E-state index contributed by atoms with van der Waals surface area (Å²) in [6.07, 6.45) is 0. The molecule has 0 bridgehead atoms. The maximum Gasteiger partial charge on any atom is 0.143 e. The van der Waals surface area contributed by atoms with Crippen molar-refractivity contribution in [1.82, 2.24) is 4.98 Å². The highest BCUT2D eigenvalue weighted by Crippen LogP contribution is 2.64. The third kappa shape index (κ3) is 4.65. The number of hydrogen-bond donors (Lipinski definition) is 0. The van der Waals surface area contributed by atoms with Crippen LogP contribution in [0.2, 0.25) is 0 Å². The van der Waals surface area contributed by atoms with Gasteiger partial charge in [0.2, 0.25) is 0 Å². The quantitative estimate of drug-likeness (QED) is 0.166. The molecule has 1 spiro atoms. The van der Waals surface area contributed by atoms with Crippen LogP contribution in [-0.4, -0.2) is 4.98 Å². The van der Waals surface area contributed by atoms with Gasteiger partial charge in [-0.25, -0.2) is 4.98 Å². The molecule has 2 aliphatic carbocycles. The summed E-state index contributed by atoms with van der Waals surface area (Å²) in [6.45, 7) is 0. The topological polar surface area (TPSA) is 26.0 Å². The first kappa shape index (κ1) is 35.4. The van der Waals surface area contributed by atoms with E-state index in [1.807, 2.05) is 11.3 Å². The van der Waals surface area contributed by atoms with Gasteiger partial charge in [0.05, 0.1) is 16.6 Å². The number of nitrogens with zero attached hydrogens (tertiary/aromatic N) is 1. The maximum atomic E-state index is 6.76. The van der Waals surface area contributed by atoms with E-state index >= 15 is 0 Å². The van der Waals surface area contributed by atoms with Crippen molar-refractivity contribution in [2.75, 3.05) is 0 Å². The molecule has 300 valence electrons. The van der Waals surface area contributed by atoms with Gasteiger partial charge < -0.3 is 4.42 Å². The van der Waals surface area contributed by atoms with Crippen molar-refractivity contribution < 1.29 is 4.42 Å². The summed E-state index contributed by atoms with van der Waals surface area (Å²) >= 11 is 1.87. The van der Waals surface area contributed by atoms with E-state index in [0.717, 1.165) is 60.8 Å². The first-order chi connectivity index (χ1) is 32.2. The summed E-state index contributed by atoms with van der Waals surface area (Å²) in [6, 6.07) is 78.3. The Labute approximate surface area is 378 Å². The number of furan rings is 1. The Kier molecular flexibility index (Phi) is 7.06. The third-order valence-electron chi connectivity index (χ3n) is 14.5. The smallest absolute Gasteiger partial charge is 0.143 e. The van der Waals surface area contributed by atoms with Crippen LogP contribution >= 0.6 is 11.3 Å². The molecule has 0 N–H and O–H groups in total. The minimum atomic E-state index is -0.475. The van der Waals surface area contributed by atoms with Crippen LogP contribution in [0.25, 0.3) is 120 Å². The number of aromatic nitrogens is 1. The first-order valence-electron chi connectivity index (χ1n) is 22.4. The van der Waals surface area contributed by atoms with Crippen LogP contribution in [0, 0.1) is 0 Å². The van der Waals surface area contributed by atoms with Crippen LogP contribution in [-0.2, 0) is 5.41 Å². The number of pyridine rings is 1. The largest absolute Gasteiger partial charge is 0.455 e. The van der Waals surface area contributed by atoms with Crippen molar-refractivity contribution in [1.29, 1.82) is 0 Å². The molecule has 10 aromatic carbocycles. The van der Waals surface area contributed by atoms with Crippen LogP contribution in [0.15, 0.2) is 217 Å². The fraction of sp³-hybridized carbons (Fsp3) is 0.0161. The zero-order chi connectivity index (χ0) is 42.4. The van der Waals surface area contributed by atoms with E-state index in [1.54, 1.807) is 0 Å². The summed E-state index contributed by atoms with van der Waals surface area (Å²) in [5.74, 6) is 0. The second kappa shape index (κ2) is 13.0. The van der Waals surface area contributed by atoms with E-state index in [9.17, 15) is 0 Å². The van der Waals surface area contributed by atoms with Gasteiger partial charge in [0, 0.05) is 52.8 Å². The van der Waals surface area contributed by atoms with Gasteiger partial charge in [0.1, 0.15) is 11.2 Å². The molecular formula is C62H35NOS. The van der Waals surface area contributed by atoms with Gasteiger partial charge in [-0.3, -0.25) is 0 Å². The highest BCUT2D eigenvalue weighted by Gasteiger charge is 2.52. The molecule has 2 nitrogen and oxygen atoms in total. The number of para-hydroxylation sites is 3. The van der Waals surface area contributed by atoms with E-state index in [-0.39, 0.29) is 0 Å². The molecule has 3 aromatic heterocycles. The van der Waals surface area contributed by atoms with Gasteiger partial charge in [0.25, 0.3) is 0 Å². The summed E-state index contributed by atoms with van der Waals surface area (Å²) in [7, 11) is 0. The second-order valence-electron chi connectivity index (χ2n) is 17.6. The average molecular weight is 842 g/mol. The lowest BCUT2D eigenvalue weighted by molar-refractivity contribution is 0.670. The molecular weight excluding hydrogens is 807 g/mol. The zero-order valence-electron chi connectivity index (χ0n) is 35.0. The highest BCUT2D eigenvalue weighted by molar-refractivity contribution is 7.26. The summed E-state index contributed by atoms with van der Waals surface area (Å²) < 4.78 is 9.34. The maximum absolute atomic E-state index is 6.76. The Bertz CT molecular complexity index is 4030. The van der Waals surface area contributed by atoms with Crippen molar-refractivity contribution in [3.8, 4) is 55.8 Å². The minimum Gasteiger partial charge on any atom is -0.455 e. The summed E-state index contributed by atoms with van der Waals surface area (Å²) in [5.41, 5.74) is 19.3. The standard InChI is InChI=1S/C62H35NOS/c1-7-25-50-41(15-1)42-16-2-8-26-51(42)62(50)52-27-9-3-20-49(52)57-53(62)32-31-46-43-17-4-10-28-54(43)63-59(58(46)57)38-34-36(39-21-13-23-47-44-18-5-11-29-55(44)64-60(39)47)33-37(35-38)40-22-14-24-48-45-19-6-12-30-56(45)65-61(40)48/h1-35H. The number of rotatable bonds is 3. The molecule has 0 atom stereocenters. The Balaban J connectivity index is 1.09. The molecule has 3 heteroatoms. The molecule has 0 unspecified atom stereocenters. The second-order valence-corrected chi connectivity index (χ2v) is 18.7. The van der Waals surface area contributed by atoms with Gasteiger partial charge >= 0.3 is 0 Å². The molecule has 2 aliphatic rings. The molecule has 13 aromatic rings. The predicted octanol–water partition coefficient (Wildman–Crippen LogP) is 17.0. The van der Waals surface area contributed by atoms with E-state index < -0.39 is 5.41 Å². The third-order valence-corrected chi connectivity index (χ3v) is 15.7. The van der Waals surface area contributed by atoms with Gasteiger partial charge in [-0.15, -0.1) is 11.3 Å². The molecule has 0 radical (unpaired) electrons. The minimum absolute atomic E-state index is 0.475. The van der Waals surface area contributed by atoms with Crippen LogP contribution in [0.4, 0.5) is 0 Å². The van der Waals surface area contributed by atoms with E-state index in [1.165, 1.54) is 81.0 Å². The Morgan fingerprint density at radius 3 is 1.75 bits per heavy atom. The number of benzene rings is 10. The zero-order valence-corrected chi connectivity index (χ0v) is 35.8. The lowest BCUT2D eigenvalue weighted by atomic mass is 9.70. The molecule has 15 rings (SSSR count). The van der Waals surface area contributed by atoms with Crippen molar-refractivity contribution in [2.24, 2.45) is 0 Å². The molecule has 0 saturated carbocycles. The van der Waals surface area contributed by atoms with Crippen LogP contribution in [0.5, 0.6) is 0 Å². The SMILES string of the molecule is c1ccc2c(c1)-c1ccccc1C21c2ccccc2-c2c1ccc1c2c(-c2cc(-c3cccc4c3oc3ccccc34)cc(-c3cccc4c3sc3ccccc34)c2)nc2ccccc21. The number of hydrogen-bond acceptors (Lipinski definition) is 3. The molecule has 65 heavy (non-hydrogen) atoms. The van der Waals surface area contributed by atoms with Crippen molar-refractivity contribution in [3.05, 3.63) is 235 Å². The normalized spacial score (nSPS) is 13.4. The van der Waals surface area contributed by atoms with Crippen LogP contribution in [0.3, 0.4) is 0 Å². The van der Waals surface area contributed by atoms with Gasteiger partial charge in [0.15, 0.2) is 0 Å². The summed E-state index contributed by atoms with van der Waals surface area (Å²) in [5, 5.41) is 8.34. The number of thiophene rings is 1. The fourth-order valence-corrected chi connectivity index (χ4v) is 13.1. The monoisotopic (exact) mass is 841 g/mol. The lowest BCUT2D eigenvalue weighted by Gasteiger charge is -2.30. The Hall–Kier alpha value is -8.11. The molecule has 0 fully saturated rings. The predicted molar refractivity (Wildman–Crippen MR) is 272 cm³/mol. The lowest BCUT2D eigenvalue weighted by Crippen LogP contribution is -2.25. The average Bonchev–Trinajstić information content (AvgIpc) is 4.11. The summed E-state index contributed by atoms with van der Waals surface area (Å²) in [4.78, 5) is 5.77. The highest BCUT2D eigenvalue weighted by atomic mass is 32.1. The van der Waals surface area contributed by atoms with E-state index in [0.29, 0.717) is 0 Å². The molecule has 0 aliphatic heterocycles. The van der Waals surface area contributed by atoms with Crippen molar-refractivity contribution >= 4 is 75.1 Å². The van der Waals surface area contributed by atoms with Crippen molar-refractivity contribution in [2.45, 2.75) is 5.41 Å². The Morgan fingerprint density at radius 1 is 0.385 bits per heavy atom.